The molecule has 7 heteroatoms. The van der Waals surface area contributed by atoms with Crippen LogP contribution < -0.4 is 10.9 Å². The van der Waals surface area contributed by atoms with Gasteiger partial charge in [0.1, 0.15) is 18.2 Å². The summed E-state index contributed by atoms with van der Waals surface area (Å²) in [6, 6.07) is 5.10. The first-order chi connectivity index (χ1) is 10.8. The van der Waals surface area contributed by atoms with E-state index in [-0.39, 0.29) is 17.6 Å². The van der Waals surface area contributed by atoms with Gasteiger partial charge in [0.25, 0.3) is 5.56 Å². The highest BCUT2D eigenvalue weighted by Crippen LogP contribution is 2.38. The van der Waals surface area contributed by atoms with Gasteiger partial charge in [-0.1, -0.05) is 0 Å². The monoisotopic (exact) mass is 299 g/mol. The number of aromatic nitrogens is 4. The molecule has 1 N–H and O–H groups in total. The quantitative estimate of drug-likeness (QED) is 0.905. The van der Waals surface area contributed by atoms with Crippen molar-refractivity contribution in [2.75, 3.05) is 18.5 Å². The maximum atomic E-state index is 12.2. The molecular weight excluding hydrogens is 282 g/mol. The number of nitrogens with zero attached hydrogens (tertiary/aromatic N) is 4. The summed E-state index contributed by atoms with van der Waals surface area (Å²) in [5.74, 6) is 1.24. The molecule has 2 atom stereocenters. The minimum absolute atomic E-state index is 0.0328. The lowest BCUT2D eigenvalue weighted by Crippen LogP contribution is -2.37. The number of rotatable bonds is 4. The van der Waals surface area contributed by atoms with E-state index in [4.69, 9.17) is 4.74 Å². The molecule has 114 valence electrons. The van der Waals surface area contributed by atoms with E-state index in [2.05, 4.69) is 20.4 Å². The van der Waals surface area contributed by atoms with Crippen LogP contribution >= 0.6 is 0 Å². The van der Waals surface area contributed by atoms with Crippen molar-refractivity contribution in [3.05, 3.63) is 46.8 Å². The van der Waals surface area contributed by atoms with Crippen LogP contribution in [0.5, 0.6) is 0 Å². The van der Waals surface area contributed by atoms with Gasteiger partial charge in [0.2, 0.25) is 0 Å². The molecule has 4 rings (SSSR count). The zero-order chi connectivity index (χ0) is 14.9. The highest BCUT2D eigenvalue weighted by molar-refractivity contribution is 5.34. The van der Waals surface area contributed by atoms with E-state index in [1.54, 1.807) is 23.0 Å². The third-order valence-corrected chi connectivity index (χ3v) is 4.12. The lowest BCUT2D eigenvalue weighted by atomic mass is 10.1. The van der Waals surface area contributed by atoms with E-state index in [1.165, 1.54) is 6.33 Å². The molecule has 2 unspecified atom stereocenters. The smallest absolute Gasteiger partial charge is 0.267 e. The largest absolute Gasteiger partial charge is 0.377 e. The Hall–Kier alpha value is -2.28. The van der Waals surface area contributed by atoms with Crippen LogP contribution in [0.25, 0.3) is 0 Å². The molecule has 0 radical (unpaired) electrons. The SMILES string of the molecule is O=c1ccc(C2CC2)nn1C1COCC1Nc1ccncn1. The minimum Gasteiger partial charge on any atom is -0.377 e. The molecule has 3 heterocycles. The zero-order valence-corrected chi connectivity index (χ0v) is 12.1. The highest BCUT2D eigenvalue weighted by Gasteiger charge is 2.33. The summed E-state index contributed by atoms with van der Waals surface area (Å²) in [7, 11) is 0. The molecule has 0 spiro atoms. The highest BCUT2D eigenvalue weighted by atomic mass is 16.5. The second kappa shape index (κ2) is 5.49. The molecule has 2 aliphatic rings. The number of hydrogen-bond acceptors (Lipinski definition) is 6. The van der Waals surface area contributed by atoms with Crippen molar-refractivity contribution in [3.63, 3.8) is 0 Å². The van der Waals surface area contributed by atoms with Crippen molar-refractivity contribution < 1.29 is 4.74 Å². The molecule has 0 amide bonds. The van der Waals surface area contributed by atoms with Crippen molar-refractivity contribution in [1.82, 2.24) is 19.7 Å². The summed E-state index contributed by atoms with van der Waals surface area (Å²) in [5.41, 5.74) is 0.918. The van der Waals surface area contributed by atoms with Gasteiger partial charge in [-0.15, -0.1) is 0 Å². The van der Waals surface area contributed by atoms with Gasteiger partial charge in [-0.25, -0.2) is 14.6 Å². The van der Waals surface area contributed by atoms with Crippen LogP contribution in [-0.2, 0) is 4.74 Å². The molecule has 1 aliphatic heterocycles. The Bertz CT molecular complexity index is 713. The van der Waals surface area contributed by atoms with Crippen molar-refractivity contribution in [2.24, 2.45) is 0 Å². The van der Waals surface area contributed by atoms with E-state index in [0.717, 1.165) is 24.4 Å². The normalized spacial score (nSPS) is 24.4. The zero-order valence-electron chi connectivity index (χ0n) is 12.1. The predicted octanol–water partition coefficient (Wildman–Crippen LogP) is 0.963. The van der Waals surface area contributed by atoms with Crippen LogP contribution in [0.15, 0.2) is 35.5 Å². The van der Waals surface area contributed by atoms with E-state index in [0.29, 0.717) is 19.1 Å². The fourth-order valence-electron chi connectivity index (χ4n) is 2.76. The van der Waals surface area contributed by atoms with E-state index in [1.807, 2.05) is 6.07 Å². The molecule has 2 fully saturated rings. The van der Waals surface area contributed by atoms with Gasteiger partial charge in [0, 0.05) is 18.2 Å². The second-order valence-electron chi connectivity index (χ2n) is 5.77. The lowest BCUT2D eigenvalue weighted by Gasteiger charge is -2.21. The van der Waals surface area contributed by atoms with Crippen molar-refractivity contribution in [3.8, 4) is 0 Å². The lowest BCUT2D eigenvalue weighted by molar-refractivity contribution is 0.182. The first kappa shape index (κ1) is 13.4. The fraction of sp³-hybridized carbons (Fsp3) is 0.467. The second-order valence-corrected chi connectivity index (χ2v) is 5.77. The van der Waals surface area contributed by atoms with Crippen molar-refractivity contribution >= 4 is 5.82 Å². The van der Waals surface area contributed by atoms with Gasteiger partial charge in [0.15, 0.2) is 0 Å². The average molecular weight is 299 g/mol. The molecule has 1 aliphatic carbocycles. The van der Waals surface area contributed by atoms with Crippen LogP contribution in [0.4, 0.5) is 5.82 Å². The van der Waals surface area contributed by atoms with Crippen molar-refractivity contribution in [2.45, 2.75) is 30.8 Å². The number of nitrogens with one attached hydrogen (secondary N) is 1. The maximum absolute atomic E-state index is 12.2. The van der Waals surface area contributed by atoms with Crippen LogP contribution in [0.1, 0.15) is 30.5 Å². The predicted molar refractivity (Wildman–Crippen MR) is 79.8 cm³/mol. The van der Waals surface area contributed by atoms with Crippen LogP contribution in [0, 0.1) is 0 Å². The summed E-state index contributed by atoms with van der Waals surface area (Å²) in [6.07, 6.45) is 5.49. The Labute approximate surface area is 127 Å². The van der Waals surface area contributed by atoms with Crippen molar-refractivity contribution in [1.29, 1.82) is 0 Å². The Morgan fingerprint density at radius 3 is 2.91 bits per heavy atom. The molecule has 0 aromatic carbocycles. The van der Waals surface area contributed by atoms with Gasteiger partial charge < -0.3 is 10.1 Å². The molecule has 2 aromatic heterocycles. The third kappa shape index (κ3) is 2.59. The number of hydrogen-bond donors (Lipinski definition) is 1. The van der Waals surface area contributed by atoms with Gasteiger partial charge in [0.05, 0.1) is 24.9 Å². The first-order valence-electron chi connectivity index (χ1n) is 7.51. The molecule has 7 nitrogen and oxygen atoms in total. The summed E-state index contributed by atoms with van der Waals surface area (Å²) in [5, 5.41) is 7.86. The van der Waals surface area contributed by atoms with Gasteiger partial charge in [-0.3, -0.25) is 4.79 Å². The Kier molecular flexibility index (Phi) is 3.34. The van der Waals surface area contributed by atoms with E-state index >= 15 is 0 Å². The average Bonchev–Trinajstić information content (AvgIpc) is 3.29. The first-order valence-corrected chi connectivity index (χ1v) is 7.51. The third-order valence-electron chi connectivity index (χ3n) is 4.12. The molecule has 22 heavy (non-hydrogen) atoms. The summed E-state index contributed by atoms with van der Waals surface area (Å²) in [4.78, 5) is 20.3. The van der Waals surface area contributed by atoms with Crippen LogP contribution in [0.3, 0.4) is 0 Å². The van der Waals surface area contributed by atoms with E-state index < -0.39 is 0 Å². The molecule has 1 saturated heterocycles. The van der Waals surface area contributed by atoms with Gasteiger partial charge >= 0.3 is 0 Å². The molecule has 2 aromatic rings. The van der Waals surface area contributed by atoms with Crippen LogP contribution in [-0.4, -0.2) is 39.0 Å². The Morgan fingerprint density at radius 2 is 2.14 bits per heavy atom. The topological polar surface area (TPSA) is 81.9 Å². The summed E-state index contributed by atoms with van der Waals surface area (Å²) in [6.45, 7) is 1.00. The standard InChI is InChI=1S/C15H17N5O2/c21-15-4-3-11(10-1-2-10)19-20(15)13-8-22-7-12(13)18-14-5-6-16-9-17-14/h3-6,9-10,12-13H,1-2,7-8H2,(H,16,17,18). The molecule has 0 bridgehead atoms. The summed E-state index contributed by atoms with van der Waals surface area (Å²) >= 11 is 0. The fourth-order valence-corrected chi connectivity index (χ4v) is 2.76. The Morgan fingerprint density at radius 1 is 1.23 bits per heavy atom. The molecular formula is C15H17N5O2. The minimum atomic E-state index is -0.124. The summed E-state index contributed by atoms with van der Waals surface area (Å²) < 4.78 is 7.13. The number of anilines is 1. The van der Waals surface area contributed by atoms with Crippen LogP contribution in [0.2, 0.25) is 0 Å². The van der Waals surface area contributed by atoms with Gasteiger partial charge in [-0.05, 0) is 25.0 Å². The Balaban J connectivity index is 1.60. The maximum Gasteiger partial charge on any atom is 0.267 e. The number of ether oxygens (including phenoxy) is 1. The molecule has 1 saturated carbocycles. The van der Waals surface area contributed by atoms with E-state index in [9.17, 15) is 4.79 Å². The van der Waals surface area contributed by atoms with Gasteiger partial charge in [-0.2, -0.15) is 5.10 Å².